The molecule has 10 heteroatoms. The Morgan fingerprint density at radius 3 is 2.39 bits per heavy atom. The smallest absolute Gasteiger partial charge is 0.255 e. The number of benzene rings is 2. The topological polar surface area (TPSA) is 98.8 Å². The number of carbonyl (C=O) groups excluding carboxylic acids is 2. The fourth-order valence-corrected chi connectivity index (χ4v) is 5.56. The van der Waals surface area contributed by atoms with E-state index in [9.17, 15) is 18.0 Å². The molecular weight excluding hydrogens is 440 g/mol. The number of rotatable bonds is 5. The van der Waals surface area contributed by atoms with Gasteiger partial charge in [-0.15, -0.1) is 0 Å². The molecule has 0 atom stereocenters. The van der Waals surface area contributed by atoms with Gasteiger partial charge in [0.15, 0.2) is 0 Å². The molecule has 2 aliphatic heterocycles. The standard InChI is InChI=1S/C21H23ClN4O4S/c22-18-13-16(5-8-19(18)25-12-9-23-20(27)14-25)24-21(28)15-3-6-17(7-4-15)31(29,30)26-10-1-2-11-26/h3-8,13H,1-2,9-12,14H2,(H,23,27)(H,24,28). The van der Waals surface area contributed by atoms with E-state index in [2.05, 4.69) is 10.6 Å². The molecule has 31 heavy (non-hydrogen) atoms. The largest absolute Gasteiger partial charge is 0.359 e. The number of anilines is 2. The van der Waals surface area contributed by atoms with Crippen LogP contribution in [0.15, 0.2) is 47.4 Å². The number of halogens is 1. The van der Waals surface area contributed by atoms with Crippen molar-refractivity contribution in [3.8, 4) is 0 Å². The molecule has 4 rings (SSSR count). The van der Waals surface area contributed by atoms with Crippen molar-refractivity contribution in [1.29, 1.82) is 0 Å². The normalized spacial score (nSPS) is 17.5. The second-order valence-electron chi connectivity index (χ2n) is 7.53. The summed E-state index contributed by atoms with van der Waals surface area (Å²) in [6.07, 6.45) is 1.73. The molecule has 2 fully saturated rings. The lowest BCUT2D eigenvalue weighted by Gasteiger charge is -2.29. The molecule has 2 amide bonds. The van der Waals surface area contributed by atoms with Crippen LogP contribution in [0.3, 0.4) is 0 Å². The highest BCUT2D eigenvalue weighted by Crippen LogP contribution is 2.29. The molecular formula is C21H23ClN4O4S. The lowest BCUT2D eigenvalue weighted by Crippen LogP contribution is -2.47. The van der Waals surface area contributed by atoms with Gasteiger partial charge in [0.2, 0.25) is 15.9 Å². The average molecular weight is 463 g/mol. The fourth-order valence-electron chi connectivity index (χ4n) is 3.74. The maximum Gasteiger partial charge on any atom is 0.255 e. The third-order valence-corrected chi connectivity index (χ3v) is 7.62. The summed E-state index contributed by atoms with van der Waals surface area (Å²) < 4.78 is 26.7. The van der Waals surface area contributed by atoms with Crippen molar-refractivity contribution in [2.45, 2.75) is 17.7 Å². The molecule has 2 aromatic rings. The molecule has 0 aliphatic carbocycles. The van der Waals surface area contributed by atoms with Crippen molar-refractivity contribution in [1.82, 2.24) is 9.62 Å². The van der Waals surface area contributed by atoms with E-state index in [1.807, 2.05) is 4.90 Å². The summed E-state index contributed by atoms with van der Waals surface area (Å²) in [5.74, 6) is -0.429. The Kier molecular flexibility index (Phi) is 6.17. The van der Waals surface area contributed by atoms with Crippen LogP contribution < -0.4 is 15.5 Å². The van der Waals surface area contributed by atoms with E-state index in [4.69, 9.17) is 11.6 Å². The van der Waals surface area contributed by atoms with Crippen molar-refractivity contribution < 1.29 is 18.0 Å². The van der Waals surface area contributed by atoms with Gasteiger partial charge in [-0.1, -0.05) is 11.6 Å². The van der Waals surface area contributed by atoms with Gasteiger partial charge in [0.05, 0.1) is 22.2 Å². The number of carbonyl (C=O) groups is 2. The Morgan fingerprint density at radius 2 is 1.74 bits per heavy atom. The fraction of sp³-hybridized carbons (Fsp3) is 0.333. The van der Waals surface area contributed by atoms with E-state index in [1.54, 1.807) is 18.2 Å². The number of hydrogen-bond donors (Lipinski definition) is 2. The Labute approximate surface area is 186 Å². The first-order chi connectivity index (χ1) is 14.8. The van der Waals surface area contributed by atoms with Gasteiger partial charge in [0, 0.05) is 37.4 Å². The number of nitrogens with zero attached hydrogens (tertiary/aromatic N) is 2. The van der Waals surface area contributed by atoms with Crippen LogP contribution in [-0.4, -0.2) is 57.3 Å². The molecule has 0 unspecified atom stereocenters. The first-order valence-electron chi connectivity index (χ1n) is 10.1. The highest BCUT2D eigenvalue weighted by atomic mass is 35.5. The molecule has 0 spiro atoms. The highest BCUT2D eigenvalue weighted by Gasteiger charge is 2.27. The van der Waals surface area contributed by atoms with E-state index >= 15 is 0 Å². The molecule has 2 aliphatic rings. The molecule has 2 saturated heterocycles. The van der Waals surface area contributed by atoms with E-state index in [0.717, 1.165) is 18.5 Å². The van der Waals surface area contributed by atoms with Gasteiger partial charge in [-0.3, -0.25) is 9.59 Å². The highest BCUT2D eigenvalue weighted by molar-refractivity contribution is 7.89. The van der Waals surface area contributed by atoms with Gasteiger partial charge in [-0.05, 0) is 55.3 Å². The van der Waals surface area contributed by atoms with Crippen LogP contribution >= 0.6 is 11.6 Å². The molecule has 2 N–H and O–H groups in total. The second kappa shape index (κ2) is 8.86. The molecule has 0 aromatic heterocycles. The first-order valence-corrected chi connectivity index (χ1v) is 11.9. The van der Waals surface area contributed by atoms with Crippen molar-refractivity contribution in [2.24, 2.45) is 0 Å². The second-order valence-corrected chi connectivity index (χ2v) is 9.87. The predicted molar refractivity (Wildman–Crippen MR) is 119 cm³/mol. The van der Waals surface area contributed by atoms with Crippen LogP contribution in [-0.2, 0) is 14.8 Å². The van der Waals surface area contributed by atoms with Gasteiger partial charge < -0.3 is 15.5 Å². The Bertz CT molecular complexity index is 1100. The molecule has 0 saturated carbocycles. The zero-order valence-corrected chi connectivity index (χ0v) is 18.4. The van der Waals surface area contributed by atoms with E-state index in [1.165, 1.54) is 28.6 Å². The number of nitrogens with one attached hydrogen (secondary N) is 2. The van der Waals surface area contributed by atoms with Gasteiger partial charge in [0.25, 0.3) is 5.91 Å². The minimum absolute atomic E-state index is 0.0603. The third-order valence-electron chi connectivity index (χ3n) is 5.40. The van der Waals surface area contributed by atoms with Gasteiger partial charge in [-0.2, -0.15) is 4.31 Å². The number of piperazine rings is 1. The SMILES string of the molecule is O=C1CN(c2ccc(NC(=O)c3ccc(S(=O)(=O)N4CCCC4)cc3)cc2Cl)CCN1. The molecule has 2 aromatic carbocycles. The summed E-state index contributed by atoms with van der Waals surface area (Å²) in [6, 6.07) is 11.0. The average Bonchev–Trinajstić information content (AvgIpc) is 3.30. The van der Waals surface area contributed by atoms with E-state index in [-0.39, 0.29) is 23.3 Å². The van der Waals surface area contributed by atoms with Crippen LogP contribution in [0.25, 0.3) is 0 Å². The number of sulfonamides is 1. The summed E-state index contributed by atoms with van der Waals surface area (Å²) in [5, 5.41) is 5.97. The summed E-state index contributed by atoms with van der Waals surface area (Å²) in [7, 11) is -3.51. The van der Waals surface area contributed by atoms with Gasteiger partial charge in [0.1, 0.15) is 0 Å². The van der Waals surface area contributed by atoms with Crippen LogP contribution in [0.1, 0.15) is 23.2 Å². The molecule has 2 heterocycles. The van der Waals surface area contributed by atoms with Crippen LogP contribution in [0.4, 0.5) is 11.4 Å². The Morgan fingerprint density at radius 1 is 1.03 bits per heavy atom. The summed E-state index contributed by atoms with van der Waals surface area (Å²) in [4.78, 5) is 26.3. The van der Waals surface area contributed by atoms with Crippen LogP contribution in [0.2, 0.25) is 5.02 Å². The van der Waals surface area contributed by atoms with Crippen molar-refractivity contribution in [2.75, 3.05) is 42.9 Å². The van der Waals surface area contributed by atoms with Gasteiger partial charge >= 0.3 is 0 Å². The minimum Gasteiger partial charge on any atom is -0.359 e. The van der Waals surface area contributed by atoms with Crippen LogP contribution in [0, 0.1) is 0 Å². The van der Waals surface area contributed by atoms with E-state index in [0.29, 0.717) is 42.5 Å². The number of amides is 2. The number of hydrogen-bond acceptors (Lipinski definition) is 5. The maximum atomic E-state index is 12.6. The first kappa shape index (κ1) is 21.6. The van der Waals surface area contributed by atoms with Crippen molar-refractivity contribution in [3.63, 3.8) is 0 Å². The molecule has 0 bridgehead atoms. The lowest BCUT2D eigenvalue weighted by molar-refractivity contribution is -0.120. The summed E-state index contributed by atoms with van der Waals surface area (Å²) in [6.45, 7) is 2.51. The van der Waals surface area contributed by atoms with Crippen molar-refractivity contribution >= 4 is 44.8 Å². The molecule has 8 nitrogen and oxygen atoms in total. The van der Waals surface area contributed by atoms with Gasteiger partial charge in [-0.25, -0.2) is 8.42 Å². The minimum atomic E-state index is -3.51. The quantitative estimate of drug-likeness (QED) is 0.710. The summed E-state index contributed by atoms with van der Waals surface area (Å²) >= 11 is 6.38. The monoisotopic (exact) mass is 462 g/mol. The predicted octanol–water partition coefficient (Wildman–Crippen LogP) is 2.31. The lowest BCUT2D eigenvalue weighted by atomic mass is 10.2. The zero-order valence-electron chi connectivity index (χ0n) is 16.8. The molecule has 0 radical (unpaired) electrons. The van der Waals surface area contributed by atoms with Crippen molar-refractivity contribution in [3.05, 3.63) is 53.1 Å². The molecule has 164 valence electrons. The Hall–Kier alpha value is -2.62. The Balaban J connectivity index is 1.44. The zero-order chi connectivity index (χ0) is 22.0. The maximum absolute atomic E-state index is 12.6. The van der Waals surface area contributed by atoms with Crippen LogP contribution in [0.5, 0.6) is 0 Å². The third kappa shape index (κ3) is 4.68. The summed E-state index contributed by atoms with van der Waals surface area (Å²) in [5.41, 5.74) is 1.58. The van der Waals surface area contributed by atoms with E-state index < -0.39 is 10.0 Å².